The number of carbonyl (C=O) groups is 2. The summed E-state index contributed by atoms with van der Waals surface area (Å²) in [4.78, 5) is 27.5. The summed E-state index contributed by atoms with van der Waals surface area (Å²) in [5.74, 6) is -0.562. The molecule has 1 saturated carbocycles. The van der Waals surface area contributed by atoms with Crippen molar-refractivity contribution in [3.8, 4) is 6.07 Å². The van der Waals surface area contributed by atoms with Crippen LogP contribution in [-0.4, -0.2) is 24.4 Å². The SMILES string of the molecule is N#Cc1c(N2C(=O)C3C4CCC(NC4)C3C2=O)ccc2ccccc12. The molecular formula is C20H17N3O2. The highest BCUT2D eigenvalue weighted by Crippen LogP contribution is 2.46. The molecule has 2 aromatic carbocycles. The molecule has 3 saturated heterocycles. The molecule has 25 heavy (non-hydrogen) atoms. The van der Waals surface area contributed by atoms with Crippen molar-refractivity contribution in [1.82, 2.24) is 5.32 Å². The number of anilines is 1. The van der Waals surface area contributed by atoms with Crippen molar-refractivity contribution < 1.29 is 9.59 Å². The Kier molecular flexibility index (Phi) is 3.01. The molecule has 2 amide bonds. The van der Waals surface area contributed by atoms with Gasteiger partial charge in [0.2, 0.25) is 11.8 Å². The Bertz CT molecular complexity index is 923. The van der Waals surface area contributed by atoms with E-state index in [1.807, 2.05) is 30.3 Å². The summed E-state index contributed by atoms with van der Waals surface area (Å²) in [6.45, 7) is 0.807. The maximum absolute atomic E-state index is 13.1. The van der Waals surface area contributed by atoms with Crippen molar-refractivity contribution >= 4 is 28.3 Å². The smallest absolute Gasteiger partial charge is 0.239 e. The number of rotatable bonds is 1. The Balaban J connectivity index is 1.67. The van der Waals surface area contributed by atoms with E-state index in [1.165, 1.54) is 4.90 Å². The highest BCUT2D eigenvalue weighted by Gasteiger charge is 2.58. The Morgan fingerprint density at radius 2 is 1.84 bits per heavy atom. The van der Waals surface area contributed by atoms with E-state index in [-0.39, 0.29) is 35.6 Å². The minimum atomic E-state index is -0.280. The predicted octanol–water partition coefficient (Wildman–Crippen LogP) is 2.20. The molecule has 4 unspecified atom stereocenters. The van der Waals surface area contributed by atoms with Crippen LogP contribution in [0.4, 0.5) is 5.69 Å². The molecule has 2 bridgehead atoms. The van der Waals surface area contributed by atoms with E-state index in [2.05, 4.69) is 11.4 Å². The fourth-order valence-corrected chi connectivity index (χ4v) is 4.95. The molecule has 5 nitrogen and oxygen atoms in total. The largest absolute Gasteiger partial charge is 0.313 e. The number of imide groups is 1. The van der Waals surface area contributed by atoms with Crippen LogP contribution >= 0.6 is 0 Å². The number of carbonyl (C=O) groups excluding carboxylic acids is 2. The van der Waals surface area contributed by atoms with Crippen molar-refractivity contribution in [2.75, 3.05) is 11.4 Å². The van der Waals surface area contributed by atoms with Gasteiger partial charge in [0.05, 0.1) is 23.1 Å². The molecule has 4 fully saturated rings. The summed E-state index contributed by atoms with van der Waals surface area (Å²) in [6.07, 6.45) is 1.94. The summed E-state index contributed by atoms with van der Waals surface area (Å²) >= 11 is 0. The molecule has 5 heteroatoms. The van der Waals surface area contributed by atoms with Gasteiger partial charge in [-0.1, -0.05) is 30.3 Å². The number of hydrogen-bond donors (Lipinski definition) is 1. The maximum Gasteiger partial charge on any atom is 0.239 e. The average Bonchev–Trinajstić information content (AvgIpc) is 2.94. The van der Waals surface area contributed by atoms with Gasteiger partial charge in [-0.25, -0.2) is 4.90 Å². The van der Waals surface area contributed by atoms with E-state index in [0.717, 1.165) is 30.2 Å². The number of amides is 2. The van der Waals surface area contributed by atoms with Crippen molar-refractivity contribution in [2.45, 2.75) is 18.9 Å². The second-order valence-electron chi connectivity index (χ2n) is 7.21. The average molecular weight is 331 g/mol. The van der Waals surface area contributed by atoms with Crippen LogP contribution in [0.15, 0.2) is 36.4 Å². The number of benzene rings is 2. The number of piperidine rings is 2. The van der Waals surface area contributed by atoms with Gasteiger partial charge in [-0.2, -0.15) is 5.26 Å². The number of nitriles is 1. The normalized spacial score (nSPS) is 30.6. The molecule has 2 aromatic rings. The third-order valence-electron chi connectivity index (χ3n) is 6.09. The Morgan fingerprint density at radius 3 is 2.56 bits per heavy atom. The highest BCUT2D eigenvalue weighted by atomic mass is 16.2. The van der Waals surface area contributed by atoms with Crippen LogP contribution in [-0.2, 0) is 9.59 Å². The first-order valence-corrected chi connectivity index (χ1v) is 8.74. The number of nitrogens with one attached hydrogen (secondary N) is 1. The molecule has 0 radical (unpaired) electrons. The van der Waals surface area contributed by atoms with Crippen molar-refractivity contribution in [2.24, 2.45) is 17.8 Å². The topological polar surface area (TPSA) is 73.2 Å². The second kappa shape index (κ2) is 5.14. The molecule has 4 atom stereocenters. The first-order valence-electron chi connectivity index (χ1n) is 8.74. The molecule has 4 aliphatic rings. The fraction of sp³-hybridized carbons (Fsp3) is 0.350. The standard InChI is InChI=1S/C20H17N3O2/c21-9-14-13-4-2-1-3-11(13)6-8-16(14)23-19(24)17-12-5-7-15(22-10-12)18(17)20(23)25/h1-4,6,8,12,15,17-18,22H,5,7,10H2. The molecule has 3 aliphatic heterocycles. The third kappa shape index (κ3) is 1.86. The van der Waals surface area contributed by atoms with Gasteiger partial charge in [0.25, 0.3) is 0 Å². The molecular weight excluding hydrogens is 314 g/mol. The zero-order valence-electron chi connectivity index (χ0n) is 13.6. The lowest BCUT2D eigenvalue weighted by molar-refractivity contribution is -0.126. The van der Waals surface area contributed by atoms with Crippen LogP contribution in [0, 0.1) is 29.1 Å². The van der Waals surface area contributed by atoms with E-state index >= 15 is 0 Å². The molecule has 3 heterocycles. The van der Waals surface area contributed by atoms with Crippen molar-refractivity contribution in [3.05, 3.63) is 42.0 Å². The van der Waals surface area contributed by atoms with Crippen LogP contribution in [0.3, 0.4) is 0 Å². The Hall–Kier alpha value is -2.71. The second-order valence-corrected chi connectivity index (χ2v) is 7.21. The molecule has 1 aliphatic carbocycles. The summed E-state index contributed by atoms with van der Waals surface area (Å²) in [7, 11) is 0. The van der Waals surface area contributed by atoms with Crippen LogP contribution in [0.25, 0.3) is 10.8 Å². The molecule has 6 rings (SSSR count). The van der Waals surface area contributed by atoms with E-state index in [9.17, 15) is 14.9 Å². The Labute approximate surface area is 145 Å². The van der Waals surface area contributed by atoms with Gasteiger partial charge in [-0.05, 0) is 36.8 Å². The van der Waals surface area contributed by atoms with Crippen LogP contribution in [0.1, 0.15) is 18.4 Å². The lowest BCUT2D eigenvalue weighted by atomic mass is 9.67. The molecule has 1 N–H and O–H groups in total. The van der Waals surface area contributed by atoms with E-state index in [0.29, 0.717) is 11.3 Å². The first-order chi connectivity index (χ1) is 12.2. The van der Waals surface area contributed by atoms with Crippen molar-refractivity contribution in [3.63, 3.8) is 0 Å². The summed E-state index contributed by atoms with van der Waals surface area (Å²) in [5, 5.41) is 14.8. The zero-order chi connectivity index (χ0) is 17.1. The van der Waals surface area contributed by atoms with Crippen LogP contribution in [0.2, 0.25) is 0 Å². The van der Waals surface area contributed by atoms with Gasteiger partial charge in [0, 0.05) is 11.4 Å². The fourth-order valence-electron chi connectivity index (χ4n) is 4.95. The van der Waals surface area contributed by atoms with Gasteiger partial charge < -0.3 is 5.32 Å². The summed E-state index contributed by atoms with van der Waals surface area (Å²) < 4.78 is 0. The van der Waals surface area contributed by atoms with E-state index < -0.39 is 0 Å². The van der Waals surface area contributed by atoms with Crippen LogP contribution in [0.5, 0.6) is 0 Å². The predicted molar refractivity (Wildman–Crippen MR) is 92.7 cm³/mol. The number of fused-ring (bicyclic) bond motifs is 3. The lowest BCUT2D eigenvalue weighted by Gasteiger charge is -2.43. The number of hydrogen-bond acceptors (Lipinski definition) is 4. The van der Waals surface area contributed by atoms with Gasteiger partial charge in [0.15, 0.2) is 0 Å². The quantitative estimate of drug-likeness (QED) is 0.813. The molecule has 0 aromatic heterocycles. The first kappa shape index (κ1) is 14.6. The number of nitrogens with zero attached hydrogens (tertiary/aromatic N) is 2. The maximum atomic E-state index is 13.1. The molecule has 124 valence electrons. The summed E-state index contributed by atoms with van der Waals surface area (Å²) in [5.41, 5.74) is 0.837. The van der Waals surface area contributed by atoms with Gasteiger partial charge in [0.1, 0.15) is 6.07 Å². The van der Waals surface area contributed by atoms with Crippen LogP contribution < -0.4 is 10.2 Å². The summed E-state index contributed by atoms with van der Waals surface area (Å²) in [6, 6.07) is 13.5. The third-order valence-corrected chi connectivity index (χ3v) is 6.09. The van der Waals surface area contributed by atoms with Crippen molar-refractivity contribution in [1.29, 1.82) is 5.26 Å². The minimum Gasteiger partial charge on any atom is -0.313 e. The van der Waals surface area contributed by atoms with Gasteiger partial charge in [-0.15, -0.1) is 0 Å². The molecule has 0 spiro atoms. The minimum absolute atomic E-state index is 0.0856. The van der Waals surface area contributed by atoms with Gasteiger partial charge in [-0.3, -0.25) is 9.59 Å². The lowest BCUT2D eigenvalue weighted by Crippen LogP contribution is -2.56. The Morgan fingerprint density at radius 1 is 1.04 bits per heavy atom. The van der Waals surface area contributed by atoms with E-state index in [1.54, 1.807) is 6.07 Å². The zero-order valence-corrected chi connectivity index (χ0v) is 13.6. The highest BCUT2D eigenvalue weighted by molar-refractivity contribution is 6.23. The van der Waals surface area contributed by atoms with Gasteiger partial charge >= 0.3 is 0 Å². The monoisotopic (exact) mass is 331 g/mol. The van der Waals surface area contributed by atoms with E-state index in [4.69, 9.17) is 0 Å².